The number of carbonyl (C=O) groups is 1. The summed E-state index contributed by atoms with van der Waals surface area (Å²) in [6.45, 7) is 2.26. The van der Waals surface area contributed by atoms with Gasteiger partial charge in [-0.3, -0.25) is 14.9 Å². The maximum atomic E-state index is 12.3. The summed E-state index contributed by atoms with van der Waals surface area (Å²) in [5.74, 6) is -0.159. The Hall–Kier alpha value is -3.37. The van der Waals surface area contributed by atoms with Crippen molar-refractivity contribution in [3.8, 4) is 11.8 Å². The molecule has 1 amide bonds. The number of hydrogen-bond donors (Lipinski definition) is 1. The Morgan fingerprint density at radius 1 is 1.38 bits per heavy atom. The van der Waals surface area contributed by atoms with Gasteiger partial charge in [0, 0.05) is 17.3 Å². The first kappa shape index (κ1) is 19.0. The van der Waals surface area contributed by atoms with Crippen molar-refractivity contribution >= 4 is 35.0 Å². The molecule has 0 atom stereocenters. The van der Waals surface area contributed by atoms with E-state index in [1.54, 1.807) is 24.3 Å². The molecule has 0 heterocycles. The minimum Gasteiger partial charge on any atom is -0.493 e. The highest BCUT2D eigenvalue weighted by atomic mass is 35.5. The van der Waals surface area contributed by atoms with Gasteiger partial charge in [-0.05, 0) is 31.2 Å². The molecule has 0 aliphatic carbocycles. The van der Waals surface area contributed by atoms with Crippen molar-refractivity contribution in [1.29, 1.82) is 5.26 Å². The van der Waals surface area contributed by atoms with E-state index in [0.717, 1.165) is 6.07 Å². The second-order valence-corrected chi connectivity index (χ2v) is 5.43. The quantitative estimate of drug-likeness (QED) is 0.354. The zero-order chi connectivity index (χ0) is 19.1. The van der Waals surface area contributed by atoms with Crippen molar-refractivity contribution in [2.45, 2.75) is 6.92 Å². The first-order valence-corrected chi connectivity index (χ1v) is 7.93. The number of rotatable bonds is 6. The molecule has 0 radical (unpaired) electrons. The standard InChI is InChI=1S/C18H14ClN3O4/c1-2-26-17-6-4-3-5-12(17)9-13(11-20)18(23)21-14-7-8-15(19)16(10-14)22(24)25/h3-10H,2H2,1H3,(H,21,23)/b13-9+. The molecular formula is C18H14ClN3O4. The minimum absolute atomic E-state index is 0.0466. The number of para-hydroxylation sites is 1. The number of hydrogen-bond acceptors (Lipinski definition) is 5. The number of carbonyl (C=O) groups excluding carboxylic acids is 1. The fourth-order valence-electron chi connectivity index (χ4n) is 2.12. The summed E-state index contributed by atoms with van der Waals surface area (Å²) in [5, 5.41) is 22.6. The molecule has 0 fully saturated rings. The van der Waals surface area contributed by atoms with Gasteiger partial charge in [0.15, 0.2) is 0 Å². The molecule has 2 rings (SSSR count). The molecule has 0 spiro atoms. The molecule has 8 heteroatoms. The number of halogens is 1. The van der Waals surface area contributed by atoms with Gasteiger partial charge in [-0.2, -0.15) is 5.26 Å². The van der Waals surface area contributed by atoms with Crippen LogP contribution in [0.3, 0.4) is 0 Å². The monoisotopic (exact) mass is 371 g/mol. The predicted octanol–water partition coefficient (Wildman–Crippen LogP) is 4.19. The molecular weight excluding hydrogens is 358 g/mol. The molecule has 0 aliphatic heterocycles. The first-order chi connectivity index (χ1) is 12.5. The molecule has 7 nitrogen and oxygen atoms in total. The van der Waals surface area contributed by atoms with E-state index < -0.39 is 10.8 Å². The van der Waals surface area contributed by atoms with Crippen LogP contribution in [0.1, 0.15) is 12.5 Å². The van der Waals surface area contributed by atoms with E-state index >= 15 is 0 Å². The predicted molar refractivity (Wildman–Crippen MR) is 97.9 cm³/mol. The fraction of sp³-hybridized carbons (Fsp3) is 0.111. The number of nitrogens with zero attached hydrogens (tertiary/aromatic N) is 2. The van der Waals surface area contributed by atoms with E-state index in [1.807, 2.05) is 13.0 Å². The van der Waals surface area contributed by atoms with Crippen molar-refractivity contribution in [3.63, 3.8) is 0 Å². The van der Waals surface area contributed by atoms with Gasteiger partial charge in [-0.25, -0.2) is 0 Å². The maximum Gasteiger partial charge on any atom is 0.289 e. The highest BCUT2D eigenvalue weighted by Crippen LogP contribution is 2.28. The lowest BCUT2D eigenvalue weighted by Gasteiger charge is -2.08. The lowest BCUT2D eigenvalue weighted by molar-refractivity contribution is -0.384. The van der Waals surface area contributed by atoms with E-state index in [0.29, 0.717) is 17.9 Å². The minimum atomic E-state index is -0.699. The molecule has 0 saturated carbocycles. The summed E-state index contributed by atoms with van der Waals surface area (Å²) in [6.07, 6.45) is 1.39. The lowest BCUT2D eigenvalue weighted by Crippen LogP contribution is -2.13. The van der Waals surface area contributed by atoms with Crippen molar-refractivity contribution in [3.05, 3.63) is 68.7 Å². The Morgan fingerprint density at radius 3 is 2.77 bits per heavy atom. The second-order valence-electron chi connectivity index (χ2n) is 5.02. The van der Waals surface area contributed by atoms with Crippen LogP contribution in [0.4, 0.5) is 11.4 Å². The molecule has 0 aromatic heterocycles. The molecule has 0 aliphatic rings. The Kier molecular flexibility index (Phi) is 6.31. The van der Waals surface area contributed by atoms with Gasteiger partial charge in [0.2, 0.25) is 0 Å². The Balaban J connectivity index is 2.29. The topological polar surface area (TPSA) is 105 Å². The molecule has 0 saturated heterocycles. The smallest absolute Gasteiger partial charge is 0.289 e. The zero-order valence-corrected chi connectivity index (χ0v) is 14.5. The summed E-state index contributed by atoms with van der Waals surface area (Å²) in [6, 6.07) is 12.6. The largest absolute Gasteiger partial charge is 0.493 e. The maximum absolute atomic E-state index is 12.3. The molecule has 2 aromatic rings. The van der Waals surface area contributed by atoms with Crippen molar-refractivity contribution < 1.29 is 14.5 Å². The van der Waals surface area contributed by atoms with Gasteiger partial charge in [0.05, 0.1) is 11.5 Å². The normalized spacial score (nSPS) is 10.7. The number of anilines is 1. The van der Waals surface area contributed by atoms with Gasteiger partial charge in [-0.15, -0.1) is 0 Å². The number of nitriles is 1. The van der Waals surface area contributed by atoms with E-state index in [-0.39, 0.29) is 22.0 Å². The van der Waals surface area contributed by atoms with E-state index in [9.17, 15) is 20.2 Å². The van der Waals surface area contributed by atoms with Crippen molar-refractivity contribution in [2.24, 2.45) is 0 Å². The van der Waals surface area contributed by atoms with Crippen LogP contribution in [0, 0.1) is 21.4 Å². The van der Waals surface area contributed by atoms with Crippen LogP contribution in [0.5, 0.6) is 5.75 Å². The van der Waals surface area contributed by atoms with Crippen LogP contribution >= 0.6 is 11.6 Å². The Bertz CT molecular complexity index is 919. The van der Waals surface area contributed by atoms with Crippen molar-refractivity contribution in [2.75, 3.05) is 11.9 Å². The highest BCUT2D eigenvalue weighted by molar-refractivity contribution is 6.32. The molecule has 132 valence electrons. The van der Waals surface area contributed by atoms with Gasteiger partial charge in [-0.1, -0.05) is 29.8 Å². The second kappa shape index (κ2) is 8.65. The average Bonchev–Trinajstić information content (AvgIpc) is 2.62. The van der Waals surface area contributed by atoms with Crippen LogP contribution in [0.25, 0.3) is 6.08 Å². The third-order valence-electron chi connectivity index (χ3n) is 3.28. The van der Waals surface area contributed by atoms with Crippen LogP contribution < -0.4 is 10.1 Å². The van der Waals surface area contributed by atoms with Gasteiger partial charge in [0.25, 0.3) is 11.6 Å². The first-order valence-electron chi connectivity index (χ1n) is 7.55. The lowest BCUT2D eigenvalue weighted by atomic mass is 10.1. The van der Waals surface area contributed by atoms with E-state index in [4.69, 9.17) is 16.3 Å². The fourth-order valence-corrected chi connectivity index (χ4v) is 2.31. The third-order valence-corrected chi connectivity index (χ3v) is 3.60. The zero-order valence-electron chi connectivity index (χ0n) is 13.7. The van der Waals surface area contributed by atoms with Crippen LogP contribution in [0.15, 0.2) is 48.0 Å². The summed E-state index contributed by atoms with van der Waals surface area (Å²) in [7, 11) is 0. The molecule has 1 N–H and O–H groups in total. The summed E-state index contributed by atoms with van der Waals surface area (Å²) in [5.41, 5.74) is 0.219. The molecule has 26 heavy (non-hydrogen) atoms. The van der Waals surface area contributed by atoms with E-state index in [2.05, 4.69) is 5.32 Å². The average molecular weight is 372 g/mol. The Morgan fingerprint density at radius 2 is 2.12 bits per heavy atom. The highest BCUT2D eigenvalue weighted by Gasteiger charge is 2.16. The van der Waals surface area contributed by atoms with Crippen LogP contribution in [0.2, 0.25) is 5.02 Å². The van der Waals surface area contributed by atoms with Gasteiger partial charge < -0.3 is 10.1 Å². The SMILES string of the molecule is CCOc1ccccc1/C=C(\C#N)C(=O)Nc1ccc(Cl)c([N+](=O)[O-])c1. The number of nitro groups is 1. The number of amides is 1. The molecule has 0 bridgehead atoms. The number of nitrogens with one attached hydrogen (secondary N) is 1. The Labute approximate surface area is 154 Å². The van der Waals surface area contributed by atoms with Gasteiger partial charge in [0.1, 0.15) is 22.4 Å². The van der Waals surface area contributed by atoms with E-state index in [1.165, 1.54) is 18.2 Å². The third kappa shape index (κ3) is 4.59. The number of benzene rings is 2. The van der Waals surface area contributed by atoms with Crippen LogP contribution in [-0.4, -0.2) is 17.4 Å². The van der Waals surface area contributed by atoms with Crippen molar-refractivity contribution in [1.82, 2.24) is 0 Å². The molecule has 0 unspecified atom stereocenters. The van der Waals surface area contributed by atoms with Crippen LogP contribution in [-0.2, 0) is 4.79 Å². The number of nitro benzene ring substituents is 1. The molecule has 2 aromatic carbocycles. The summed E-state index contributed by atoms with van der Waals surface area (Å²) in [4.78, 5) is 22.6. The summed E-state index contributed by atoms with van der Waals surface area (Å²) >= 11 is 5.74. The number of ether oxygens (including phenoxy) is 1. The van der Waals surface area contributed by atoms with Gasteiger partial charge >= 0.3 is 0 Å². The summed E-state index contributed by atoms with van der Waals surface area (Å²) < 4.78 is 5.46.